The Morgan fingerprint density at radius 3 is 1.93 bits per heavy atom. The molecule has 0 aliphatic rings. The highest BCUT2D eigenvalue weighted by molar-refractivity contribution is 7.98. The molecule has 0 radical (unpaired) electrons. The van der Waals surface area contributed by atoms with Crippen molar-refractivity contribution in [3.63, 3.8) is 0 Å². The van der Waals surface area contributed by atoms with E-state index < -0.39 is 71.9 Å². The van der Waals surface area contributed by atoms with Gasteiger partial charge in [0.25, 0.3) is 0 Å². The second-order valence-corrected chi connectivity index (χ2v) is 15.2. The third-order valence-electron chi connectivity index (χ3n) is 8.54. The summed E-state index contributed by atoms with van der Waals surface area (Å²) in [5.74, 6) is -3.48. The number of hydrogen-bond donors (Lipinski definition) is 6. The normalized spacial score (nSPS) is 13.4. The third kappa shape index (κ3) is 13.8. The Balaban J connectivity index is 1.56. The molecule has 298 valence electrons. The maximum atomic E-state index is 14.0. The minimum absolute atomic E-state index is 0.0557. The molecule has 0 aliphatic carbocycles. The highest BCUT2D eigenvalue weighted by Gasteiger charge is 2.33. The molecule has 7 N–H and O–H groups in total. The Morgan fingerprint density at radius 2 is 1.29 bits per heavy atom. The molecule has 4 atom stereocenters. The second-order valence-electron chi connectivity index (χ2n) is 14.2. The van der Waals surface area contributed by atoms with Crippen molar-refractivity contribution >= 4 is 58.4 Å². The van der Waals surface area contributed by atoms with Gasteiger partial charge in [-0.2, -0.15) is 11.8 Å². The van der Waals surface area contributed by atoms with E-state index in [1.807, 2.05) is 36.6 Å². The van der Waals surface area contributed by atoms with E-state index in [0.717, 1.165) is 22.0 Å². The molecule has 15 heteroatoms. The molecule has 4 rings (SSSR count). The number of primary amides is 1. The first-order valence-corrected chi connectivity index (χ1v) is 19.6. The molecule has 0 fully saturated rings. The fourth-order valence-electron chi connectivity index (χ4n) is 5.75. The van der Waals surface area contributed by atoms with Crippen molar-refractivity contribution in [2.75, 3.05) is 12.0 Å². The molecule has 0 aliphatic heterocycles. The molecule has 4 aromatic rings. The fourth-order valence-corrected chi connectivity index (χ4v) is 6.22. The second kappa shape index (κ2) is 20.7. The molecule has 0 saturated heterocycles. The number of fused-ring (bicyclic) bond motifs is 1. The van der Waals surface area contributed by atoms with Crippen molar-refractivity contribution in [1.29, 1.82) is 0 Å². The molecule has 0 bridgehead atoms. The zero-order valence-electron chi connectivity index (χ0n) is 32.0. The van der Waals surface area contributed by atoms with Crippen molar-refractivity contribution in [3.8, 4) is 0 Å². The van der Waals surface area contributed by atoms with Crippen LogP contribution in [-0.4, -0.2) is 82.5 Å². The van der Waals surface area contributed by atoms with Crippen molar-refractivity contribution in [3.05, 3.63) is 108 Å². The Hall–Kier alpha value is -5.83. The number of H-pyrrole nitrogens is 1. The lowest BCUT2D eigenvalue weighted by atomic mass is 10.0. The van der Waals surface area contributed by atoms with Gasteiger partial charge in [0, 0.05) is 29.9 Å². The Kier molecular flexibility index (Phi) is 15.9. The van der Waals surface area contributed by atoms with Crippen molar-refractivity contribution in [1.82, 2.24) is 26.3 Å². The average molecular weight is 787 g/mol. The maximum absolute atomic E-state index is 14.0. The van der Waals surface area contributed by atoms with E-state index in [4.69, 9.17) is 15.2 Å². The van der Waals surface area contributed by atoms with E-state index in [1.165, 1.54) is 11.8 Å². The van der Waals surface area contributed by atoms with Crippen LogP contribution in [0.4, 0.5) is 4.79 Å². The van der Waals surface area contributed by atoms with Crippen molar-refractivity contribution < 1.29 is 38.2 Å². The SMILES string of the molecule is CSCCC(NC(=O)C(Cc1c[nH]c2ccccc12)NC(=O)OC(C)(C)C)C(=O)NC(CC(=O)OCc1ccccc1)C(=O)NC(Cc1ccccc1)C(N)=O. The van der Waals surface area contributed by atoms with Crippen LogP contribution in [0.15, 0.2) is 91.1 Å². The van der Waals surface area contributed by atoms with Crippen LogP contribution in [-0.2, 0) is 52.9 Å². The number of nitrogens with two attached hydrogens (primary N) is 1. The van der Waals surface area contributed by atoms with Gasteiger partial charge in [-0.15, -0.1) is 0 Å². The molecule has 3 aromatic carbocycles. The van der Waals surface area contributed by atoms with E-state index in [-0.39, 0.29) is 25.9 Å². The summed E-state index contributed by atoms with van der Waals surface area (Å²) in [6.07, 6.45) is 2.42. The number of carbonyl (C=O) groups is 6. The summed E-state index contributed by atoms with van der Waals surface area (Å²) in [5.41, 5.74) is 7.83. The van der Waals surface area contributed by atoms with Crippen LogP contribution in [0.2, 0.25) is 0 Å². The van der Waals surface area contributed by atoms with E-state index in [1.54, 1.807) is 81.6 Å². The molecule has 1 aromatic heterocycles. The number of aromatic nitrogens is 1. The van der Waals surface area contributed by atoms with Crippen molar-refractivity contribution in [2.45, 2.75) is 82.8 Å². The van der Waals surface area contributed by atoms with Crippen molar-refractivity contribution in [2.24, 2.45) is 5.73 Å². The number of alkyl carbamates (subject to hydrolysis) is 1. The lowest BCUT2D eigenvalue weighted by molar-refractivity contribution is -0.147. The van der Waals surface area contributed by atoms with Gasteiger partial charge in [0.2, 0.25) is 23.6 Å². The smallest absolute Gasteiger partial charge is 0.408 e. The monoisotopic (exact) mass is 786 g/mol. The first-order chi connectivity index (χ1) is 26.7. The Labute approximate surface area is 330 Å². The highest BCUT2D eigenvalue weighted by atomic mass is 32.2. The number of nitrogens with one attached hydrogen (secondary N) is 5. The molecule has 56 heavy (non-hydrogen) atoms. The van der Waals surface area contributed by atoms with Gasteiger partial charge in [-0.05, 0) is 62.0 Å². The van der Waals surface area contributed by atoms with Gasteiger partial charge in [0.1, 0.15) is 36.4 Å². The number of aromatic amines is 1. The molecule has 5 amide bonds. The van der Waals surface area contributed by atoms with Gasteiger partial charge in [-0.25, -0.2) is 4.79 Å². The number of benzene rings is 3. The minimum atomic E-state index is -1.51. The van der Waals surface area contributed by atoms with Gasteiger partial charge < -0.3 is 41.5 Å². The summed E-state index contributed by atoms with van der Waals surface area (Å²) in [7, 11) is 0. The van der Waals surface area contributed by atoms with Crippen LogP contribution in [0, 0.1) is 0 Å². The zero-order chi connectivity index (χ0) is 40.7. The predicted octanol–water partition coefficient (Wildman–Crippen LogP) is 3.67. The number of amides is 5. The van der Waals surface area contributed by atoms with Crippen LogP contribution in [0.5, 0.6) is 0 Å². The molecular weight excluding hydrogens is 737 g/mol. The first kappa shape index (κ1) is 42.9. The van der Waals surface area contributed by atoms with E-state index in [9.17, 15) is 28.8 Å². The lowest BCUT2D eigenvalue weighted by Crippen LogP contribution is -2.59. The van der Waals surface area contributed by atoms with Gasteiger partial charge in [-0.3, -0.25) is 24.0 Å². The van der Waals surface area contributed by atoms with Crippen LogP contribution in [0.25, 0.3) is 10.9 Å². The largest absolute Gasteiger partial charge is 0.461 e. The van der Waals surface area contributed by atoms with Gasteiger partial charge in [-0.1, -0.05) is 78.9 Å². The number of carbonyl (C=O) groups excluding carboxylic acids is 6. The van der Waals surface area contributed by atoms with Crippen LogP contribution >= 0.6 is 11.8 Å². The third-order valence-corrected chi connectivity index (χ3v) is 9.18. The maximum Gasteiger partial charge on any atom is 0.408 e. The number of para-hydroxylation sites is 1. The van der Waals surface area contributed by atoms with Crippen LogP contribution < -0.4 is 27.0 Å². The topological polar surface area (TPSA) is 211 Å². The number of ether oxygens (including phenoxy) is 2. The van der Waals surface area contributed by atoms with Gasteiger partial charge >= 0.3 is 12.1 Å². The molecule has 1 heterocycles. The molecular formula is C41H50N6O8S. The Morgan fingerprint density at radius 1 is 0.714 bits per heavy atom. The number of thioether (sulfide) groups is 1. The van der Waals surface area contributed by atoms with E-state index >= 15 is 0 Å². The molecule has 0 spiro atoms. The quantitative estimate of drug-likeness (QED) is 0.0765. The molecule has 0 saturated carbocycles. The van der Waals surface area contributed by atoms with E-state index in [0.29, 0.717) is 11.3 Å². The first-order valence-electron chi connectivity index (χ1n) is 18.2. The van der Waals surface area contributed by atoms with Gasteiger partial charge in [0.05, 0.1) is 6.42 Å². The summed E-state index contributed by atoms with van der Waals surface area (Å²) in [4.78, 5) is 83.5. The summed E-state index contributed by atoms with van der Waals surface area (Å²) in [5, 5.41) is 11.4. The summed E-state index contributed by atoms with van der Waals surface area (Å²) in [6.45, 7) is 5.01. The van der Waals surface area contributed by atoms with Crippen LogP contribution in [0.1, 0.15) is 50.3 Å². The highest BCUT2D eigenvalue weighted by Crippen LogP contribution is 2.20. The van der Waals surface area contributed by atoms with E-state index in [2.05, 4.69) is 26.3 Å². The standard InChI is InChI=1S/C41H50N6O8S/c1-41(2,3)55-40(53)47-33(22-28-24-43-30-18-12-11-17-29(28)30)38(51)44-31(19-20-56-4)37(50)46-34(23-35(48)54-25-27-15-9-6-10-16-27)39(52)45-32(36(42)49)21-26-13-7-5-8-14-26/h5-18,24,31-34,43H,19-23,25H2,1-4H3,(H2,42,49)(H,44,51)(H,45,52)(H,46,50)(H,47,53). The van der Waals surface area contributed by atoms with Gasteiger partial charge in [0.15, 0.2) is 0 Å². The fraction of sp³-hybridized carbons (Fsp3) is 0.366. The molecule has 4 unspecified atom stereocenters. The lowest BCUT2D eigenvalue weighted by Gasteiger charge is -2.27. The predicted molar refractivity (Wildman–Crippen MR) is 214 cm³/mol. The number of hydrogen-bond acceptors (Lipinski definition) is 9. The van der Waals surface area contributed by atoms with Crippen LogP contribution in [0.3, 0.4) is 0 Å². The zero-order valence-corrected chi connectivity index (χ0v) is 32.8. The summed E-state index contributed by atoms with van der Waals surface area (Å²) >= 11 is 1.43. The number of rotatable bonds is 19. The summed E-state index contributed by atoms with van der Waals surface area (Å²) < 4.78 is 10.9. The average Bonchev–Trinajstić information content (AvgIpc) is 3.57. The summed E-state index contributed by atoms with van der Waals surface area (Å²) in [6, 6.07) is 20.3. The minimum Gasteiger partial charge on any atom is -0.461 e. The Bertz CT molecular complexity index is 1950. The molecule has 14 nitrogen and oxygen atoms in total. The number of esters is 1.